The molecule has 14 heavy (non-hydrogen) atoms. The Bertz CT molecular complexity index is 132. The van der Waals surface area contributed by atoms with E-state index in [4.69, 9.17) is 19.1 Å². The van der Waals surface area contributed by atoms with Gasteiger partial charge in [-0.25, -0.2) is 0 Å². The van der Waals surface area contributed by atoms with Crippen molar-refractivity contribution in [3.63, 3.8) is 0 Å². The van der Waals surface area contributed by atoms with E-state index in [0.717, 1.165) is 0 Å². The van der Waals surface area contributed by atoms with Gasteiger partial charge in [-0.1, -0.05) is 0 Å². The van der Waals surface area contributed by atoms with Crippen LogP contribution in [0.5, 0.6) is 0 Å². The molecule has 0 saturated carbocycles. The van der Waals surface area contributed by atoms with Gasteiger partial charge in [0.25, 0.3) is 0 Å². The lowest BCUT2D eigenvalue weighted by molar-refractivity contribution is -0.0456. The molecule has 0 amide bonds. The molecule has 86 valence electrons. The first-order valence-corrected chi connectivity index (χ1v) is 5.26. The first-order chi connectivity index (χ1) is 6.56. The molecule has 0 rings (SSSR count). The molecule has 0 spiro atoms. The van der Waals surface area contributed by atoms with Crippen molar-refractivity contribution in [3.05, 3.63) is 0 Å². The molecule has 0 aromatic carbocycles. The van der Waals surface area contributed by atoms with Crippen LogP contribution < -0.4 is 0 Å². The first-order valence-electron chi connectivity index (χ1n) is 4.79. The maximum Gasteiger partial charge on any atom is 0.0816 e. The van der Waals surface area contributed by atoms with E-state index in [9.17, 15) is 0 Å². The predicted molar refractivity (Wildman–Crippen MR) is 58.2 cm³/mol. The first kappa shape index (κ1) is 14.3. The van der Waals surface area contributed by atoms with E-state index in [1.807, 2.05) is 13.8 Å². The van der Waals surface area contributed by atoms with Crippen molar-refractivity contribution in [1.29, 1.82) is 0 Å². The number of aliphatic hydroxyl groups is 1. The Morgan fingerprint density at radius 3 is 2.14 bits per heavy atom. The number of rotatable bonds is 8. The van der Waals surface area contributed by atoms with Crippen LogP contribution in [0.1, 0.15) is 20.8 Å². The molecule has 0 aliphatic heterocycles. The van der Waals surface area contributed by atoms with Crippen LogP contribution in [0.4, 0.5) is 0 Å². The Labute approximate surface area is 88.2 Å². The SMILES string of the molecule is CC(O)COC(C)COCC(C)OP. The molecular formula is C9H21O4P. The molecule has 0 aromatic rings. The number of ether oxygens (including phenoxy) is 2. The Morgan fingerprint density at radius 1 is 1.07 bits per heavy atom. The van der Waals surface area contributed by atoms with Crippen molar-refractivity contribution >= 4 is 9.47 Å². The van der Waals surface area contributed by atoms with Gasteiger partial charge >= 0.3 is 0 Å². The van der Waals surface area contributed by atoms with Gasteiger partial charge in [0.15, 0.2) is 0 Å². The van der Waals surface area contributed by atoms with Crippen molar-refractivity contribution in [2.75, 3.05) is 19.8 Å². The zero-order valence-corrected chi connectivity index (χ0v) is 10.3. The zero-order chi connectivity index (χ0) is 11.0. The molecule has 4 unspecified atom stereocenters. The molecule has 1 N–H and O–H groups in total. The summed E-state index contributed by atoms with van der Waals surface area (Å²) in [6, 6.07) is 0. The highest BCUT2D eigenvalue weighted by Gasteiger charge is 2.06. The zero-order valence-electron chi connectivity index (χ0n) is 9.10. The smallest absolute Gasteiger partial charge is 0.0816 e. The van der Waals surface area contributed by atoms with E-state index in [1.54, 1.807) is 6.92 Å². The Balaban J connectivity index is 3.30. The molecule has 0 heterocycles. The summed E-state index contributed by atoms with van der Waals surface area (Å²) in [5, 5.41) is 8.96. The van der Waals surface area contributed by atoms with Gasteiger partial charge in [0.05, 0.1) is 38.1 Å². The summed E-state index contributed by atoms with van der Waals surface area (Å²) in [6.45, 7) is 6.94. The second-order valence-corrected chi connectivity index (χ2v) is 3.75. The van der Waals surface area contributed by atoms with E-state index in [1.165, 1.54) is 0 Å². The quantitative estimate of drug-likeness (QED) is 0.624. The van der Waals surface area contributed by atoms with Crippen LogP contribution in [-0.4, -0.2) is 43.2 Å². The molecule has 4 nitrogen and oxygen atoms in total. The summed E-state index contributed by atoms with van der Waals surface area (Å²) in [5.74, 6) is 0. The second-order valence-electron chi connectivity index (χ2n) is 3.48. The molecule has 0 aliphatic rings. The third-order valence-corrected chi connectivity index (χ3v) is 2.02. The molecule has 5 heteroatoms. The van der Waals surface area contributed by atoms with E-state index in [2.05, 4.69) is 9.47 Å². The van der Waals surface area contributed by atoms with Crippen LogP contribution in [-0.2, 0) is 14.0 Å². The normalized spacial score (nSPS) is 17.8. The molecule has 0 radical (unpaired) electrons. The van der Waals surface area contributed by atoms with Crippen LogP contribution in [0, 0.1) is 0 Å². The van der Waals surface area contributed by atoms with Gasteiger partial charge in [-0.3, -0.25) is 0 Å². The molecule has 4 atom stereocenters. The maximum atomic E-state index is 8.96. The highest BCUT2D eigenvalue weighted by Crippen LogP contribution is 1.99. The van der Waals surface area contributed by atoms with Crippen LogP contribution in [0.3, 0.4) is 0 Å². The van der Waals surface area contributed by atoms with Gasteiger partial charge in [0, 0.05) is 9.47 Å². The lowest BCUT2D eigenvalue weighted by Crippen LogP contribution is -2.23. The highest BCUT2D eigenvalue weighted by molar-refractivity contribution is 7.09. The predicted octanol–water partition coefficient (Wildman–Crippen LogP) is 0.984. The summed E-state index contributed by atoms with van der Waals surface area (Å²) in [6.07, 6.45) is -0.350. The molecule has 0 bridgehead atoms. The largest absolute Gasteiger partial charge is 0.391 e. The summed E-state index contributed by atoms with van der Waals surface area (Å²) in [5.41, 5.74) is 0. The fourth-order valence-electron chi connectivity index (χ4n) is 0.791. The third-order valence-electron chi connectivity index (χ3n) is 1.56. The lowest BCUT2D eigenvalue weighted by atomic mass is 10.4. The van der Waals surface area contributed by atoms with Crippen molar-refractivity contribution in [2.24, 2.45) is 0 Å². The van der Waals surface area contributed by atoms with Gasteiger partial charge < -0.3 is 19.1 Å². The topological polar surface area (TPSA) is 47.9 Å². The molecule has 0 aromatic heterocycles. The number of hydrogen-bond acceptors (Lipinski definition) is 4. The standard InChI is InChI=1S/C9H21O4P/c1-7(10)4-12-8(2)5-11-6-9(3)13-14/h7-10H,4-6,14H2,1-3H3. The summed E-state index contributed by atoms with van der Waals surface area (Å²) < 4.78 is 15.6. The minimum atomic E-state index is -0.424. The van der Waals surface area contributed by atoms with Crippen LogP contribution in [0.15, 0.2) is 0 Å². The minimum absolute atomic E-state index is 0.00121. The second kappa shape index (κ2) is 8.57. The van der Waals surface area contributed by atoms with Gasteiger partial charge in [0.1, 0.15) is 0 Å². The molecule has 0 fully saturated rings. The number of aliphatic hydroxyl groups excluding tert-OH is 1. The van der Waals surface area contributed by atoms with Crippen molar-refractivity contribution in [2.45, 2.75) is 39.1 Å². The average molecular weight is 224 g/mol. The summed E-state index contributed by atoms with van der Waals surface area (Å²) >= 11 is 0. The monoisotopic (exact) mass is 224 g/mol. The Hall–Kier alpha value is 0.270. The van der Waals surface area contributed by atoms with Crippen molar-refractivity contribution in [1.82, 2.24) is 0 Å². The fourth-order valence-corrected chi connectivity index (χ4v) is 0.869. The van der Waals surface area contributed by atoms with E-state index in [-0.39, 0.29) is 12.2 Å². The van der Waals surface area contributed by atoms with E-state index in [0.29, 0.717) is 19.8 Å². The van der Waals surface area contributed by atoms with Crippen LogP contribution >= 0.6 is 9.47 Å². The molecule has 0 aliphatic carbocycles. The minimum Gasteiger partial charge on any atom is -0.391 e. The number of hydrogen-bond donors (Lipinski definition) is 1. The highest BCUT2D eigenvalue weighted by atomic mass is 31.0. The van der Waals surface area contributed by atoms with Gasteiger partial charge in [0.2, 0.25) is 0 Å². The lowest BCUT2D eigenvalue weighted by Gasteiger charge is -2.16. The Morgan fingerprint density at radius 2 is 1.64 bits per heavy atom. The summed E-state index contributed by atoms with van der Waals surface area (Å²) in [4.78, 5) is 0. The molecule has 0 saturated heterocycles. The van der Waals surface area contributed by atoms with Gasteiger partial charge in [-0.05, 0) is 20.8 Å². The third kappa shape index (κ3) is 8.85. The van der Waals surface area contributed by atoms with Crippen LogP contribution in [0.25, 0.3) is 0 Å². The fraction of sp³-hybridized carbons (Fsp3) is 1.00. The van der Waals surface area contributed by atoms with Crippen LogP contribution in [0.2, 0.25) is 0 Å². The van der Waals surface area contributed by atoms with Gasteiger partial charge in [-0.2, -0.15) is 0 Å². The average Bonchev–Trinajstić information content (AvgIpc) is 2.14. The summed E-state index contributed by atoms with van der Waals surface area (Å²) in [7, 11) is 2.20. The Kier molecular flexibility index (Phi) is 8.73. The van der Waals surface area contributed by atoms with Gasteiger partial charge in [-0.15, -0.1) is 0 Å². The van der Waals surface area contributed by atoms with Crippen molar-refractivity contribution in [3.8, 4) is 0 Å². The maximum absolute atomic E-state index is 8.96. The van der Waals surface area contributed by atoms with E-state index < -0.39 is 6.10 Å². The van der Waals surface area contributed by atoms with Crippen molar-refractivity contribution < 1.29 is 19.1 Å². The molecular weight excluding hydrogens is 203 g/mol. The van der Waals surface area contributed by atoms with E-state index >= 15 is 0 Å².